The van der Waals surface area contributed by atoms with Crippen LogP contribution in [0.2, 0.25) is 0 Å². The number of carbonyl (C=O) groups is 1. The van der Waals surface area contributed by atoms with Crippen LogP contribution in [0.25, 0.3) is 11.0 Å². The smallest absolute Gasteiger partial charge is 0.309 e. The van der Waals surface area contributed by atoms with Crippen molar-refractivity contribution < 1.29 is 9.18 Å². The summed E-state index contributed by atoms with van der Waals surface area (Å²) in [5.74, 6) is -0.720. The predicted octanol–water partition coefficient (Wildman–Crippen LogP) is 3.67. The number of amides is 1. The highest BCUT2D eigenvalue weighted by Crippen LogP contribution is 2.24. The number of anilines is 1. The first-order valence-corrected chi connectivity index (χ1v) is 10.4. The molecule has 3 rings (SSSR count). The molecule has 1 aromatic carbocycles. The average Bonchev–Trinajstić information content (AvgIpc) is 2.71. The quantitative estimate of drug-likeness (QED) is 0.651. The molecule has 8 heteroatoms. The van der Waals surface area contributed by atoms with Crippen LogP contribution in [0.5, 0.6) is 0 Å². The number of H-pyrrole nitrogens is 1. The van der Waals surface area contributed by atoms with Crippen LogP contribution in [0.4, 0.5) is 10.1 Å². The third kappa shape index (κ3) is 4.42. The van der Waals surface area contributed by atoms with E-state index in [0.717, 1.165) is 0 Å². The Bertz CT molecular complexity index is 1230. The second kappa shape index (κ2) is 8.83. The zero-order valence-corrected chi connectivity index (χ0v) is 18.4. The summed E-state index contributed by atoms with van der Waals surface area (Å²) in [5.41, 5.74) is 0.279. The minimum absolute atomic E-state index is 0.0289. The van der Waals surface area contributed by atoms with Crippen LogP contribution >= 0.6 is 0 Å². The summed E-state index contributed by atoms with van der Waals surface area (Å²) in [5, 5.41) is 0.0789. The van der Waals surface area contributed by atoms with Crippen LogP contribution < -0.4 is 16.1 Å². The molecule has 0 atom stereocenters. The Kier molecular flexibility index (Phi) is 6.38. The molecule has 7 nitrogen and oxygen atoms in total. The van der Waals surface area contributed by atoms with Gasteiger partial charge in [0, 0.05) is 24.5 Å². The van der Waals surface area contributed by atoms with Gasteiger partial charge in [-0.1, -0.05) is 27.7 Å². The Hall–Kier alpha value is -3.29. The maximum atomic E-state index is 13.6. The van der Waals surface area contributed by atoms with Crippen molar-refractivity contribution in [3.63, 3.8) is 0 Å². The van der Waals surface area contributed by atoms with E-state index in [4.69, 9.17) is 0 Å². The van der Waals surface area contributed by atoms with Gasteiger partial charge in [0.25, 0.3) is 11.5 Å². The Morgan fingerprint density at radius 2 is 1.81 bits per heavy atom. The highest BCUT2D eigenvalue weighted by Gasteiger charge is 2.24. The van der Waals surface area contributed by atoms with Gasteiger partial charge >= 0.3 is 5.69 Å². The van der Waals surface area contributed by atoms with Crippen molar-refractivity contribution in [2.24, 2.45) is 5.92 Å². The zero-order chi connectivity index (χ0) is 22.9. The molecule has 0 saturated heterocycles. The molecule has 2 heterocycles. The van der Waals surface area contributed by atoms with Crippen LogP contribution in [0.3, 0.4) is 0 Å². The van der Waals surface area contributed by atoms with Gasteiger partial charge in [0.05, 0.1) is 10.9 Å². The molecule has 0 aliphatic heterocycles. The topological polar surface area (TPSA) is 88.1 Å². The number of pyridine rings is 1. The normalized spacial score (nSPS) is 11.5. The molecule has 2 aromatic heterocycles. The molecule has 0 fully saturated rings. The second-order valence-electron chi connectivity index (χ2n) is 8.24. The number of nitrogens with zero attached hydrogens (tertiary/aromatic N) is 3. The van der Waals surface area contributed by atoms with E-state index >= 15 is 0 Å². The molecule has 0 spiro atoms. The van der Waals surface area contributed by atoms with Gasteiger partial charge in [0.1, 0.15) is 5.82 Å². The lowest BCUT2D eigenvalue weighted by Gasteiger charge is -2.23. The molecular formula is C23H27FN4O3. The zero-order valence-electron chi connectivity index (χ0n) is 18.4. The second-order valence-corrected chi connectivity index (χ2v) is 8.24. The van der Waals surface area contributed by atoms with Crippen LogP contribution in [-0.4, -0.2) is 27.0 Å². The number of nitrogens with one attached hydrogen (secondary N) is 1. The van der Waals surface area contributed by atoms with Gasteiger partial charge in [-0.25, -0.2) is 14.2 Å². The number of aromatic nitrogens is 3. The van der Waals surface area contributed by atoms with Crippen LogP contribution in [0.1, 0.15) is 56.6 Å². The van der Waals surface area contributed by atoms with E-state index in [2.05, 4.69) is 9.97 Å². The first-order chi connectivity index (χ1) is 14.6. The highest BCUT2D eigenvalue weighted by molar-refractivity contribution is 6.13. The van der Waals surface area contributed by atoms with Gasteiger partial charge in [-0.2, -0.15) is 0 Å². The lowest BCUT2D eigenvalue weighted by atomic mass is 10.0. The molecule has 164 valence electrons. The molecule has 0 aliphatic carbocycles. The van der Waals surface area contributed by atoms with Crippen molar-refractivity contribution in [2.75, 3.05) is 11.4 Å². The fourth-order valence-electron chi connectivity index (χ4n) is 3.50. The number of aromatic amines is 1. The summed E-state index contributed by atoms with van der Waals surface area (Å²) in [7, 11) is 0. The number of carbonyl (C=O) groups excluding carboxylic acids is 1. The molecule has 0 saturated carbocycles. The van der Waals surface area contributed by atoms with Gasteiger partial charge in [-0.15, -0.1) is 0 Å². The Morgan fingerprint density at radius 3 is 2.35 bits per heavy atom. The first-order valence-electron chi connectivity index (χ1n) is 10.4. The minimum Gasteiger partial charge on any atom is -0.309 e. The molecule has 0 radical (unpaired) electrons. The molecule has 0 unspecified atom stereocenters. The van der Waals surface area contributed by atoms with Gasteiger partial charge in [-0.05, 0) is 49.1 Å². The van der Waals surface area contributed by atoms with Crippen LogP contribution in [-0.2, 0) is 6.54 Å². The van der Waals surface area contributed by atoms with Crippen molar-refractivity contribution in [2.45, 2.75) is 47.1 Å². The van der Waals surface area contributed by atoms with Crippen molar-refractivity contribution in [1.29, 1.82) is 0 Å². The van der Waals surface area contributed by atoms with Crippen molar-refractivity contribution >= 4 is 22.6 Å². The van der Waals surface area contributed by atoms with E-state index in [9.17, 15) is 18.8 Å². The van der Waals surface area contributed by atoms with E-state index in [1.54, 1.807) is 13.0 Å². The molecule has 3 aromatic rings. The monoisotopic (exact) mass is 426 g/mol. The Labute approximate surface area is 179 Å². The van der Waals surface area contributed by atoms with Crippen LogP contribution in [0, 0.1) is 11.7 Å². The maximum absolute atomic E-state index is 13.6. The van der Waals surface area contributed by atoms with Gasteiger partial charge in [0.2, 0.25) is 0 Å². The molecule has 0 aliphatic rings. The first kappa shape index (κ1) is 22.4. The summed E-state index contributed by atoms with van der Waals surface area (Å²) in [6.07, 6.45) is 0. The molecule has 0 bridgehead atoms. The van der Waals surface area contributed by atoms with Gasteiger partial charge in [-0.3, -0.25) is 19.1 Å². The Balaban J connectivity index is 2.32. The summed E-state index contributed by atoms with van der Waals surface area (Å²) in [6, 6.07) is 7.21. The third-order valence-electron chi connectivity index (χ3n) is 5.04. The van der Waals surface area contributed by atoms with E-state index in [1.165, 1.54) is 33.7 Å². The largest absolute Gasteiger partial charge is 0.330 e. The van der Waals surface area contributed by atoms with Crippen molar-refractivity contribution in [3.8, 4) is 0 Å². The molecule has 1 N–H and O–H groups in total. The molecule has 1 amide bonds. The van der Waals surface area contributed by atoms with E-state index in [0.29, 0.717) is 24.5 Å². The fourth-order valence-corrected chi connectivity index (χ4v) is 3.50. The number of hydrogen-bond donors (Lipinski definition) is 1. The SMILES string of the molecule is CCN(C(=O)c1cc(C(C)C)nc2c1c(=O)[nH]c(=O)n2CC(C)C)c1ccc(F)cc1. The highest BCUT2D eigenvalue weighted by atomic mass is 19.1. The average molecular weight is 426 g/mol. The molecule has 31 heavy (non-hydrogen) atoms. The van der Waals surface area contributed by atoms with Gasteiger partial charge in [0.15, 0.2) is 5.65 Å². The summed E-state index contributed by atoms with van der Waals surface area (Å²) < 4.78 is 14.8. The number of hydrogen-bond acceptors (Lipinski definition) is 4. The summed E-state index contributed by atoms with van der Waals surface area (Å²) in [4.78, 5) is 47.3. The van der Waals surface area contributed by atoms with Crippen molar-refractivity contribution in [3.05, 3.63) is 68.2 Å². The third-order valence-corrected chi connectivity index (χ3v) is 5.04. The Morgan fingerprint density at radius 1 is 1.16 bits per heavy atom. The van der Waals surface area contributed by atoms with Crippen LogP contribution in [0.15, 0.2) is 39.9 Å². The number of halogens is 1. The number of benzene rings is 1. The van der Waals surface area contributed by atoms with E-state index < -0.39 is 23.0 Å². The number of fused-ring (bicyclic) bond motifs is 1. The van der Waals surface area contributed by atoms with E-state index in [1.807, 2.05) is 27.7 Å². The predicted molar refractivity (Wildman–Crippen MR) is 119 cm³/mol. The van der Waals surface area contributed by atoms with Gasteiger partial charge < -0.3 is 4.90 Å². The van der Waals surface area contributed by atoms with Crippen molar-refractivity contribution in [1.82, 2.24) is 14.5 Å². The minimum atomic E-state index is -0.652. The maximum Gasteiger partial charge on any atom is 0.330 e. The fraction of sp³-hybridized carbons (Fsp3) is 0.391. The van der Waals surface area contributed by atoms with E-state index in [-0.39, 0.29) is 28.4 Å². The summed E-state index contributed by atoms with van der Waals surface area (Å²) in [6.45, 7) is 10.2. The number of rotatable bonds is 6. The lowest BCUT2D eigenvalue weighted by Crippen LogP contribution is -2.36. The lowest BCUT2D eigenvalue weighted by molar-refractivity contribution is 0.0989. The summed E-state index contributed by atoms with van der Waals surface area (Å²) >= 11 is 0. The standard InChI is InChI=1S/C23H27FN4O3/c1-6-27(16-9-7-15(24)8-10-16)22(30)17-11-18(14(4)5)25-20-19(17)21(29)26-23(31)28(20)12-13(2)3/h7-11,13-14H,6,12H2,1-5H3,(H,26,29,31). The molecular weight excluding hydrogens is 399 g/mol.